The van der Waals surface area contributed by atoms with Gasteiger partial charge in [0.15, 0.2) is 0 Å². The summed E-state index contributed by atoms with van der Waals surface area (Å²) in [6.45, 7) is 0. The van der Waals surface area contributed by atoms with Crippen LogP contribution in [0.1, 0.15) is 6.42 Å². The summed E-state index contributed by atoms with van der Waals surface area (Å²) in [4.78, 5) is 0. The quantitative estimate of drug-likeness (QED) is 0.386. The molecule has 1 aliphatic heterocycles. The Hall–Kier alpha value is -0.305. The Morgan fingerprint density at radius 3 is 2.08 bits per heavy atom. The first-order valence-corrected chi connectivity index (χ1v) is 3.35. The molecule has 4 nitrogen and oxygen atoms in total. The molecule has 0 bridgehead atoms. The Balaban J connectivity index is 2.46. The van der Waals surface area contributed by atoms with Gasteiger partial charge in [-0.3, -0.25) is 5.43 Å². The summed E-state index contributed by atoms with van der Waals surface area (Å²) >= 11 is 0. The van der Waals surface area contributed by atoms with Crippen molar-refractivity contribution in [2.75, 3.05) is 0 Å². The second kappa shape index (κ2) is 3.21. The molecular weight excluding hydrogens is 176 g/mol. The third kappa shape index (κ3) is 2.10. The molecule has 8 heteroatoms. The molecule has 0 aromatic rings. The molecule has 0 spiro atoms. The number of hydrogen-bond acceptors (Lipinski definition) is 4. The van der Waals surface area contributed by atoms with Gasteiger partial charge in [0.25, 0.3) is 0 Å². The van der Waals surface area contributed by atoms with Crippen LogP contribution in [0.2, 0.25) is 0 Å². The van der Waals surface area contributed by atoms with E-state index in [4.69, 9.17) is 10.0 Å². The van der Waals surface area contributed by atoms with Gasteiger partial charge < -0.3 is 10.0 Å². The fraction of sp³-hybridized carbons (Fsp3) is 1.00. The van der Waals surface area contributed by atoms with Gasteiger partial charge in [-0.05, 0) is 6.42 Å². The van der Waals surface area contributed by atoms with Crippen molar-refractivity contribution >= 4 is 7.12 Å². The maximum absolute atomic E-state index is 11.9. The Morgan fingerprint density at radius 2 is 1.83 bits per heavy atom. The second-order valence-corrected chi connectivity index (χ2v) is 2.64. The van der Waals surface area contributed by atoms with Crippen LogP contribution in [-0.2, 0) is 0 Å². The molecular formula is C4H8BF3N2O2. The lowest BCUT2D eigenvalue weighted by molar-refractivity contribution is -0.152. The molecule has 4 N–H and O–H groups in total. The average molecular weight is 184 g/mol. The normalized spacial score (nSPS) is 30.8. The molecule has 1 rings (SSSR count). The van der Waals surface area contributed by atoms with Crippen molar-refractivity contribution in [1.82, 2.24) is 10.9 Å². The topological polar surface area (TPSA) is 64.5 Å². The third-order valence-corrected chi connectivity index (χ3v) is 1.69. The lowest BCUT2D eigenvalue weighted by atomic mass is 9.77. The molecule has 1 aliphatic rings. The van der Waals surface area contributed by atoms with Crippen molar-refractivity contribution in [3.63, 3.8) is 0 Å². The molecule has 0 radical (unpaired) electrons. The molecule has 1 heterocycles. The molecule has 1 fully saturated rings. The fourth-order valence-corrected chi connectivity index (χ4v) is 0.991. The van der Waals surface area contributed by atoms with Gasteiger partial charge in [-0.1, -0.05) is 0 Å². The van der Waals surface area contributed by atoms with E-state index in [2.05, 4.69) is 5.43 Å². The van der Waals surface area contributed by atoms with Crippen LogP contribution in [0.5, 0.6) is 0 Å². The van der Waals surface area contributed by atoms with Gasteiger partial charge in [0.05, 0.1) is 5.94 Å². The highest BCUT2D eigenvalue weighted by atomic mass is 19.4. The van der Waals surface area contributed by atoms with E-state index >= 15 is 0 Å². The van der Waals surface area contributed by atoms with Gasteiger partial charge in [0.1, 0.15) is 6.04 Å². The maximum Gasteiger partial charge on any atom is 0.471 e. The first-order chi connectivity index (χ1) is 5.41. The second-order valence-electron chi connectivity index (χ2n) is 2.64. The van der Waals surface area contributed by atoms with E-state index in [1.54, 1.807) is 0 Å². The number of halogens is 3. The van der Waals surface area contributed by atoms with Crippen LogP contribution in [-0.4, -0.2) is 35.3 Å². The third-order valence-electron chi connectivity index (χ3n) is 1.69. The van der Waals surface area contributed by atoms with Crippen LogP contribution in [0, 0.1) is 0 Å². The molecule has 1 saturated heterocycles. The summed E-state index contributed by atoms with van der Waals surface area (Å²) in [5.41, 5.74) is 4.08. The minimum Gasteiger partial charge on any atom is -0.426 e. The van der Waals surface area contributed by atoms with Crippen LogP contribution in [0.25, 0.3) is 0 Å². The van der Waals surface area contributed by atoms with Crippen LogP contribution >= 0.6 is 0 Å². The minimum atomic E-state index is -4.35. The van der Waals surface area contributed by atoms with Gasteiger partial charge >= 0.3 is 13.3 Å². The van der Waals surface area contributed by atoms with Crippen molar-refractivity contribution in [2.24, 2.45) is 0 Å². The predicted octanol–water partition coefficient (Wildman–Crippen LogP) is -1.20. The van der Waals surface area contributed by atoms with Gasteiger partial charge in [0.2, 0.25) is 0 Å². The lowest BCUT2D eigenvalue weighted by Gasteiger charge is -2.12. The highest BCUT2D eigenvalue weighted by Crippen LogP contribution is 2.25. The molecule has 70 valence electrons. The van der Waals surface area contributed by atoms with E-state index in [9.17, 15) is 13.2 Å². The molecule has 0 saturated carbocycles. The fourth-order valence-electron chi connectivity index (χ4n) is 0.991. The Kier molecular flexibility index (Phi) is 2.62. The van der Waals surface area contributed by atoms with E-state index in [0.29, 0.717) is 0 Å². The number of rotatable bonds is 1. The van der Waals surface area contributed by atoms with Gasteiger partial charge in [0, 0.05) is 0 Å². The van der Waals surface area contributed by atoms with Crippen LogP contribution in [0.15, 0.2) is 0 Å². The summed E-state index contributed by atoms with van der Waals surface area (Å²) in [5.74, 6) is -0.961. The van der Waals surface area contributed by atoms with E-state index in [-0.39, 0.29) is 6.42 Å². The van der Waals surface area contributed by atoms with Gasteiger partial charge in [-0.25, -0.2) is 5.43 Å². The summed E-state index contributed by atoms with van der Waals surface area (Å²) in [6, 6.07) is -1.70. The highest BCUT2D eigenvalue weighted by Gasteiger charge is 2.46. The maximum atomic E-state index is 11.9. The number of hydrogen-bond donors (Lipinski definition) is 4. The average Bonchev–Trinajstić information content (AvgIpc) is 2.30. The van der Waals surface area contributed by atoms with Gasteiger partial charge in [-0.2, -0.15) is 13.2 Å². The SMILES string of the molecule is OB(O)C1CC(C(F)(F)F)NN1. The lowest BCUT2D eigenvalue weighted by Crippen LogP contribution is -2.44. The summed E-state index contributed by atoms with van der Waals surface area (Å²) in [5, 5.41) is 17.0. The molecule has 0 amide bonds. The zero-order valence-electron chi connectivity index (χ0n) is 5.97. The Bertz CT molecular complexity index is 165. The van der Waals surface area contributed by atoms with Crippen LogP contribution in [0.3, 0.4) is 0 Å². The van der Waals surface area contributed by atoms with E-state index in [1.165, 1.54) is 0 Å². The first kappa shape index (κ1) is 9.78. The molecule has 0 aliphatic carbocycles. The Morgan fingerprint density at radius 1 is 1.25 bits per heavy atom. The molecule has 2 atom stereocenters. The Labute approximate surface area is 66.9 Å². The predicted molar refractivity (Wildman–Crippen MR) is 34.7 cm³/mol. The van der Waals surface area contributed by atoms with E-state index in [1.807, 2.05) is 5.43 Å². The molecule has 0 aromatic carbocycles. The monoisotopic (exact) mass is 184 g/mol. The van der Waals surface area contributed by atoms with Crippen molar-refractivity contribution in [3.05, 3.63) is 0 Å². The summed E-state index contributed by atoms with van der Waals surface area (Å²) < 4.78 is 35.8. The van der Waals surface area contributed by atoms with Gasteiger partial charge in [-0.15, -0.1) is 0 Å². The van der Waals surface area contributed by atoms with Crippen molar-refractivity contribution in [3.8, 4) is 0 Å². The van der Waals surface area contributed by atoms with Crippen LogP contribution in [0.4, 0.5) is 13.2 Å². The largest absolute Gasteiger partial charge is 0.471 e. The highest BCUT2D eigenvalue weighted by molar-refractivity contribution is 6.43. The number of nitrogens with one attached hydrogen (secondary N) is 2. The smallest absolute Gasteiger partial charge is 0.426 e. The zero-order chi connectivity index (χ0) is 9.35. The standard InChI is InChI=1S/C4H8BF3N2O2/c6-4(7,8)2-1-3(5(11)12)10-9-2/h2-3,9-12H,1H2. The first-order valence-electron chi connectivity index (χ1n) is 3.35. The molecule has 0 aromatic heterocycles. The summed E-state index contributed by atoms with van der Waals surface area (Å²) in [6.07, 6.45) is -4.72. The van der Waals surface area contributed by atoms with Crippen molar-refractivity contribution in [2.45, 2.75) is 24.6 Å². The van der Waals surface area contributed by atoms with Crippen molar-refractivity contribution < 1.29 is 23.2 Å². The molecule has 2 unspecified atom stereocenters. The summed E-state index contributed by atoms with van der Waals surface area (Å²) in [7, 11) is -1.77. The van der Waals surface area contributed by atoms with E-state index in [0.717, 1.165) is 0 Å². The minimum absolute atomic E-state index is 0.374. The number of alkyl halides is 3. The van der Waals surface area contributed by atoms with Crippen molar-refractivity contribution in [1.29, 1.82) is 0 Å². The van der Waals surface area contributed by atoms with Crippen LogP contribution < -0.4 is 10.9 Å². The zero-order valence-corrected chi connectivity index (χ0v) is 5.97. The van der Waals surface area contributed by atoms with E-state index < -0.39 is 25.3 Å². The number of hydrazine groups is 1. The molecule has 12 heavy (non-hydrogen) atoms.